The second-order valence-electron chi connectivity index (χ2n) is 2.89. The molecule has 0 aliphatic carbocycles. The number of hydroxylamine groups is 1. The van der Waals surface area contributed by atoms with Crippen molar-refractivity contribution in [2.24, 2.45) is 0 Å². The van der Waals surface area contributed by atoms with Crippen LogP contribution in [0.1, 0.15) is 12.8 Å². The molecule has 0 unspecified atom stereocenters. The average molecular weight is 174 g/mol. The standard InChI is InChI=1S/C7H14N2O3/c1-8-6(10)7(9-11)2-4-12-5-3-7/h9,11H,2-5H2,1H3,(H,8,10). The van der Waals surface area contributed by atoms with Crippen LogP contribution in [0.4, 0.5) is 0 Å². The molecule has 0 spiro atoms. The summed E-state index contributed by atoms with van der Waals surface area (Å²) in [5.41, 5.74) is 1.24. The number of carbonyl (C=O) groups excluding carboxylic acids is 1. The number of ether oxygens (including phenoxy) is 1. The van der Waals surface area contributed by atoms with E-state index in [1.54, 1.807) is 7.05 Å². The maximum absolute atomic E-state index is 11.3. The molecule has 1 heterocycles. The molecule has 5 nitrogen and oxygen atoms in total. The molecule has 1 rings (SSSR count). The molecule has 1 aliphatic rings. The number of likely N-dealkylation sites (N-methyl/N-ethyl adjacent to an activating group) is 1. The highest BCUT2D eigenvalue weighted by molar-refractivity contribution is 5.85. The third-order valence-corrected chi connectivity index (χ3v) is 2.22. The Morgan fingerprint density at radius 2 is 2.08 bits per heavy atom. The maximum Gasteiger partial charge on any atom is 0.242 e. The summed E-state index contributed by atoms with van der Waals surface area (Å²) in [5, 5.41) is 11.4. The molecule has 1 aliphatic heterocycles. The van der Waals surface area contributed by atoms with Crippen molar-refractivity contribution in [1.29, 1.82) is 0 Å². The van der Waals surface area contributed by atoms with Crippen LogP contribution >= 0.6 is 0 Å². The summed E-state index contributed by atoms with van der Waals surface area (Å²) in [6, 6.07) is 0. The van der Waals surface area contributed by atoms with E-state index in [1.807, 2.05) is 0 Å². The minimum atomic E-state index is -0.840. The molecule has 0 bridgehead atoms. The second-order valence-corrected chi connectivity index (χ2v) is 2.89. The molecule has 70 valence electrons. The van der Waals surface area contributed by atoms with Gasteiger partial charge >= 0.3 is 0 Å². The van der Waals surface area contributed by atoms with Gasteiger partial charge in [-0.1, -0.05) is 0 Å². The molecule has 0 aromatic carbocycles. The number of hydrogen-bond acceptors (Lipinski definition) is 4. The van der Waals surface area contributed by atoms with Crippen molar-refractivity contribution < 1.29 is 14.7 Å². The molecule has 3 N–H and O–H groups in total. The van der Waals surface area contributed by atoms with Crippen LogP contribution in [0.15, 0.2) is 0 Å². The number of carbonyl (C=O) groups is 1. The highest BCUT2D eigenvalue weighted by atomic mass is 16.5. The molecule has 12 heavy (non-hydrogen) atoms. The van der Waals surface area contributed by atoms with Gasteiger partial charge in [0.1, 0.15) is 5.54 Å². The van der Waals surface area contributed by atoms with E-state index in [9.17, 15) is 4.79 Å². The topological polar surface area (TPSA) is 70.6 Å². The van der Waals surface area contributed by atoms with Crippen LogP contribution in [0.25, 0.3) is 0 Å². The van der Waals surface area contributed by atoms with Gasteiger partial charge in [0.25, 0.3) is 0 Å². The average Bonchev–Trinajstić information content (AvgIpc) is 2.17. The predicted molar refractivity (Wildman–Crippen MR) is 41.8 cm³/mol. The first kappa shape index (κ1) is 9.44. The Labute approximate surface area is 71.0 Å². The summed E-state index contributed by atoms with van der Waals surface area (Å²) >= 11 is 0. The zero-order valence-electron chi connectivity index (χ0n) is 7.09. The molecule has 0 aromatic heterocycles. The van der Waals surface area contributed by atoms with Crippen LogP contribution in [-0.2, 0) is 9.53 Å². The fourth-order valence-electron chi connectivity index (χ4n) is 1.35. The molecule has 1 amide bonds. The van der Waals surface area contributed by atoms with Crippen molar-refractivity contribution in [2.45, 2.75) is 18.4 Å². The highest BCUT2D eigenvalue weighted by Gasteiger charge is 2.38. The van der Waals surface area contributed by atoms with Crippen molar-refractivity contribution >= 4 is 5.91 Å². The smallest absolute Gasteiger partial charge is 0.242 e. The lowest BCUT2D eigenvalue weighted by Gasteiger charge is -2.33. The maximum atomic E-state index is 11.3. The number of hydrogen-bond donors (Lipinski definition) is 3. The zero-order chi connectivity index (χ0) is 9.03. The first-order chi connectivity index (χ1) is 5.75. The van der Waals surface area contributed by atoms with Crippen molar-refractivity contribution in [2.75, 3.05) is 20.3 Å². The Bertz CT molecular complexity index is 166. The largest absolute Gasteiger partial charge is 0.381 e. The van der Waals surface area contributed by atoms with Crippen LogP contribution < -0.4 is 10.8 Å². The molecular formula is C7H14N2O3. The number of nitrogens with one attached hydrogen (secondary N) is 2. The summed E-state index contributed by atoms with van der Waals surface area (Å²) < 4.78 is 5.09. The Morgan fingerprint density at radius 3 is 2.50 bits per heavy atom. The van der Waals surface area contributed by atoms with Crippen LogP contribution in [0.3, 0.4) is 0 Å². The fraction of sp³-hybridized carbons (Fsp3) is 0.857. The molecule has 5 heteroatoms. The van der Waals surface area contributed by atoms with Gasteiger partial charge < -0.3 is 15.3 Å². The van der Waals surface area contributed by atoms with Crippen LogP contribution in [0.2, 0.25) is 0 Å². The van der Waals surface area contributed by atoms with Crippen LogP contribution in [0.5, 0.6) is 0 Å². The Hall–Kier alpha value is -0.650. The summed E-state index contributed by atoms with van der Waals surface area (Å²) in [7, 11) is 1.55. The molecule has 0 saturated carbocycles. The van der Waals surface area contributed by atoms with E-state index >= 15 is 0 Å². The van der Waals surface area contributed by atoms with Gasteiger partial charge in [-0.2, -0.15) is 5.48 Å². The number of rotatable bonds is 2. The van der Waals surface area contributed by atoms with Gasteiger partial charge in [-0.3, -0.25) is 4.79 Å². The Balaban J connectivity index is 2.66. The molecule has 0 radical (unpaired) electrons. The Kier molecular flexibility index (Phi) is 3.02. The highest BCUT2D eigenvalue weighted by Crippen LogP contribution is 2.19. The number of amides is 1. The summed E-state index contributed by atoms with van der Waals surface area (Å²) in [5.74, 6) is -0.187. The summed E-state index contributed by atoms with van der Waals surface area (Å²) in [6.45, 7) is 1.00. The van der Waals surface area contributed by atoms with E-state index in [0.29, 0.717) is 26.1 Å². The fourth-order valence-corrected chi connectivity index (χ4v) is 1.35. The van der Waals surface area contributed by atoms with E-state index in [2.05, 4.69) is 10.8 Å². The van der Waals surface area contributed by atoms with Crippen LogP contribution in [-0.4, -0.2) is 36.9 Å². The SMILES string of the molecule is CNC(=O)C1(NO)CCOCC1. The van der Waals surface area contributed by atoms with Gasteiger partial charge in [0, 0.05) is 33.1 Å². The van der Waals surface area contributed by atoms with Crippen molar-refractivity contribution in [3.63, 3.8) is 0 Å². The lowest BCUT2D eigenvalue weighted by molar-refractivity contribution is -0.137. The molecule has 0 aromatic rings. The quantitative estimate of drug-likeness (QED) is 0.482. The van der Waals surface area contributed by atoms with E-state index in [0.717, 1.165) is 0 Å². The molecule has 1 saturated heterocycles. The summed E-state index contributed by atoms with van der Waals surface area (Å²) in [6.07, 6.45) is 1.01. The van der Waals surface area contributed by atoms with Crippen molar-refractivity contribution in [1.82, 2.24) is 10.8 Å². The van der Waals surface area contributed by atoms with E-state index in [4.69, 9.17) is 9.94 Å². The normalized spacial score (nSPS) is 21.8. The first-order valence-electron chi connectivity index (χ1n) is 3.96. The van der Waals surface area contributed by atoms with E-state index in [1.165, 1.54) is 0 Å². The van der Waals surface area contributed by atoms with Gasteiger partial charge in [0.05, 0.1) is 0 Å². The monoisotopic (exact) mass is 174 g/mol. The van der Waals surface area contributed by atoms with E-state index < -0.39 is 5.54 Å². The van der Waals surface area contributed by atoms with Crippen LogP contribution in [0, 0.1) is 0 Å². The van der Waals surface area contributed by atoms with Gasteiger partial charge in [-0.15, -0.1) is 0 Å². The predicted octanol–water partition coefficient (Wildman–Crippen LogP) is -0.740. The lowest BCUT2D eigenvalue weighted by Crippen LogP contribution is -2.58. The third-order valence-electron chi connectivity index (χ3n) is 2.22. The minimum absolute atomic E-state index is 0.187. The molecular weight excluding hydrogens is 160 g/mol. The summed E-state index contributed by atoms with van der Waals surface area (Å²) in [4.78, 5) is 11.3. The molecule has 0 atom stereocenters. The minimum Gasteiger partial charge on any atom is -0.381 e. The van der Waals surface area contributed by atoms with Crippen molar-refractivity contribution in [3.05, 3.63) is 0 Å². The second kappa shape index (κ2) is 3.84. The Morgan fingerprint density at radius 1 is 1.50 bits per heavy atom. The zero-order valence-corrected chi connectivity index (χ0v) is 7.09. The van der Waals surface area contributed by atoms with Gasteiger partial charge in [0.15, 0.2) is 0 Å². The van der Waals surface area contributed by atoms with Gasteiger partial charge in [-0.05, 0) is 0 Å². The van der Waals surface area contributed by atoms with Crippen molar-refractivity contribution in [3.8, 4) is 0 Å². The van der Waals surface area contributed by atoms with Gasteiger partial charge in [0.2, 0.25) is 5.91 Å². The third kappa shape index (κ3) is 1.57. The molecule has 1 fully saturated rings. The lowest BCUT2D eigenvalue weighted by atomic mass is 9.90. The van der Waals surface area contributed by atoms with Gasteiger partial charge in [-0.25, -0.2) is 0 Å². The first-order valence-corrected chi connectivity index (χ1v) is 3.96. The van der Waals surface area contributed by atoms with E-state index in [-0.39, 0.29) is 5.91 Å².